The predicted molar refractivity (Wildman–Crippen MR) is 57.0 cm³/mol. The summed E-state index contributed by atoms with van der Waals surface area (Å²) in [5.74, 6) is 0. The Bertz CT molecular complexity index is 523. The van der Waals surface area contributed by atoms with E-state index in [2.05, 4.69) is 24.3 Å². The van der Waals surface area contributed by atoms with Crippen molar-refractivity contribution in [3.8, 4) is 0 Å². The van der Waals surface area contributed by atoms with Crippen molar-refractivity contribution < 1.29 is 78.6 Å². The maximum atomic E-state index is 3.26. The van der Waals surface area contributed by atoms with Gasteiger partial charge in [0, 0.05) is 20.4 Å². The van der Waals surface area contributed by atoms with E-state index in [1.54, 1.807) is 11.3 Å². The zero-order valence-corrected chi connectivity index (χ0v) is 16.7. The van der Waals surface area contributed by atoms with E-state index < -0.39 is 0 Å². The molecule has 0 amide bonds. The minimum atomic E-state index is 0. The van der Waals surface area contributed by atoms with Gasteiger partial charge in [-0.05, 0) is 0 Å². The van der Waals surface area contributed by atoms with E-state index in [4.69, 9.17) is 0 Å². The van der Waals surface area contributed by atoms with Gasteiger partial charge in [0.2, 0.25) is 0 Å². The van der Waals surface area contributed by atoms with Gasteiger partial charge in [0.15, 0.2) is 0 Å². The largest absolute Gasteiger partial charge is 1.00 e. The third-order valence-electron chi connectivity index (χ3n) is 2.12. The van der Waals surface area contributed by atoms with E-state index in [0.717, 1.165) is 0 Å². The van der Waals surface area contributed by atoms with Gasteiger partial charge in [0.05, 0.1) is 0 Å². The second-order valence-electron chi connectivity index (χ2n) is 2.92. The third kappa shape index (κ3) is 2.69. The molecule has 15 heavy (non-hydrogen) atoms. The van der Waals surface area contributed by atoms with Gasteiger partial charge >= 0.3 is 58.2 Å². The summed E-state index contributed by atoms with van der Waals surface area (Å²) in [6.07, 6.45) is 0. The second-order valence-corrected chi connectivity index (χ2v) is 3.98. The zero-order valence-electron chi connectivity index (χ0n) is 8.25. The molecule has 1 heterocycles. The van der Waals surface area contributed by atoms with Crippen LogP contribution in [-0.4, -0.2) is 0 Å². The van der Waals surface area contributed by atoms with Gasteiger partial charge in [-0.25, -0.2) is 11.3 Å². The van der Waals surface area contributed by atoms with E-state index in [0.29, 0.717) is 0 Å². The van der Waals surface area contributed by atoms with E-state index in [-0.39, 0.29) is 78.6 Å². The van der Waals surface area contributed by atoms with Gasteiger partial charge in [-0.15, -0.1) is 35.0 Å². The molecule has 0 aliphatic rings. The Labute approximate surface area is 156 Å². The fraction of sp³-hybridized carbons (Fsp3) is 0. The summed E-state index contributed by atoms with van der Waals surface area (Å²) in [6.45, 7) is 0. The Balaban J connectivity index is 0.000000562. The minimum Gasteiger partial charge on any atom is -0.212 e. The summed E-state index contributed by atoms with van der Waals surface area (Å²) in [5.41, 5.74) is 0. The van der Waals surface area contributed by atoms with Crippen LogP contribution in [0.15, 0.2) is 36.4 Å². The summed E-state index contributed by atoms with van der Waals surface area (Å²) in [6, 6.07) is 18.7. The first-order chi connectivity index (χ1) is 6.45. The average Bonchev–Trinajstić information content (AvgIpc) is 2.56. The normalized spacial score (nSPS) is 9.60. The van der Waals surface area contributed by atoms with Crippen LogP contribution in [0.2, 0.25) is 0 Å². The number of hydrogen-bond donors (Lipinski definition) is 0. The van der Waals surface area contributed by atoms with Crippen molar-refractivity contribution in [2.45, 2.75) is 0 Å². The SMILES string of the molecule is [Rb+].[Re].[c-]1cccc2c1sc1ccc[c-]c12. The molecule has 0 aliphatic carbocycles. The fourth-order valence-corrected chi connectivity index (χ4v) is 2.57. The van der Waals surface area contributed by atoms with Gasteiger partial charge in [-0.2, -0.15) is 24.3 Å². The number of benzene rings is 2. The minimum absolute atomic E-state index is 0. The second kappa shape index (κ2) is 6.17. The zero-order chi connectivity index (χ0) is 8.67. The molecule has 0 atom stereocenters. The Morgan fingerprint density at radius 2 is 1.73 bits per heavy atom. The van der Waals surface area contributed by atoms with Crippen molar-refractivity contribution in [1.82, 2.24) is 0 Å². The Morgan fingerprint density at radius 3 is 2.60 bits per heavy atom. The molecule has 1 radical (unpaired) electrons. The quantitative estimate of drug-likeness (QED) is 0.439. The number of thiophene rings is 1. The molecule has 0 saturated carbocycles. The van der Waals surface area contributed by atoms with Crippen molar-refractivity contribution in [2.75, 3.05) is 0 Å². The average molecular weight is 454 g/mol. The van der Waals surface area contributed by atoms with Crippen molar-refractivity contribution >= 4 is 31.5 Å². The molecule has 69 valence electrons. The topological polar surface area (TPSA) is 0 Å². The molecule has 0 bridgehead atoms. The van der Waals surface area contributed by atoms with Crippen LogP contribution in [0, 0.1) is 12.1 Å². The molecule has 0 fully saturated rings. The molecule has 0 nitrogen and oxygen atoms in total. The van der Waals surface area contributed by atoms with Crippen LogP contribution >= 0.6 is 11.3 Å². The van der Waals surface area contributed by atoms with Crippen LogP contribution in [0.25, 0.3) is 20.2 Å². The summed E-state index contributed by atoms with van der Waals surface area (Å²) < 4.78 is 2.51. The van der Waals surface area contributed by atoms with Gasteiger partial charge in [-0.1, -0.05) is 9.40 Å². The number of fused-ring (bicyclic) bond motifs is 3. The smallest absolute Gasteiger partial charge is 0.212 e. The van der Waals surface area contributed by atoms with Crippen LogP contribution in [-0.2, 0) is 20.4 Å². The first kappa shape index (κ1) is 14.2. The van der Waals surface area contributed by atoms with Gasteiger partial charge < -0.3 is 0 Å². The molecular formula is C12H6RbReS-. The first-order valence-corrected chi connectivity index (χ1v) is 4.96. The van der Waals surface area contributed by atoms with Crippen molar-refractivity contribution in [3.05, 3.63) is 48.5 Å². The maximum Gasteiger partial charge on any atom is 1.00 e. The van der Waals surface area contributed by atoms with Gasteiger partial charge in [-0.3, -0.25) is 0 Å². The molecule has 0 unspecified atom stereocenters. The van der Waals surface area contributed by atoms with Crippen LogP contribution in [0.1, 0.15) is 0 Å². The van der Waals surface area contributed by atoms with Crippen LogP contribution in [0.5, 0.6) is 0 Å². The standard InChI is InChI=1S/C12H6S.Rb.Re/c1-3-7-11-9(5-1)10-6-2-4-8-12(10)13-11;;/h1-5,8H;;/q-2;+1;. The molecule has 0 aliphatic heterocycles. The first-order valence-electron chi connectivity index (χ1n) is 4.15. The molecule has 1 aromatic heterocycles. The van der Waals surface area contributed by atoms with E-state index in [1.807, 2.05) is 24.3 Å². The fourth-order valence-electron chi connectivity index (χ4n) is 1.53. The Morgan fingerprint density at radius 1 is 1.00 bits per heavy atom. The molecule has 3 rings (SSSR count). The summed E-state index contributed by atoms with van der Waals surface area (Å²) in [4.78, 5) is 0. The molecule has 0 saturated heterocycles. The Kier molecular flexibility index (Phi) is 5.83. The molecule has 2 aromatic carbocycles. The van der Waals surface area contributed by atoms with E-state index >= 15 is 0 Å². The number of hydrogen-bond acceptors (Lipinski definition) is 1. The van der Waals surface area contributed by atoms with E-state index in [1.165, 1.54) is 20.2 Å². The monoisotopic (exact) mass is 454 g/mol. The summed E-state index contributed by atoms with van der Waals surface area (Å²) >= 11 is 1.77. The third-order valence-corrected chi connectivity index (χ3v) is 3.22. The predicted octanol–water partition coefficient (Wildman–Crippen LogP) is 0.656. The maximum absolute atomic E-state index is 3.26. The van der Waals surface area contributed by atoms with Crippen LogP contribution < -0.4 is 58.2 Å². The van der Waals surface area contributed by atoms with Crippen molar-refractivity contribution in [3.63, 3.8) is 0 Å². The number of rotatable bonds is 0. The van der Waals surface area contributed by atoms with Crippen molar-refractivity contribution in [1.29, 1.82) is 0 Å². The van der Waals surface area contributed by atoms with Gasteiger partial charge in [0.25, 0.3) is 0 Å². The summed E-state index contributed by atoms with van der Waals surface area (Å²) in [5, 5.41) is 2.49. The molecular weight excluding hydrogens is 448 g/mol. The molecule has 3 aromatic rings. The molecule has 3 heteroatoms. The Hall–Kier alpha value is 1.13. The molecule has 0 spiro atoms. The van der Waals surface area contributed by atoms with E-state index in [9.17, 15) is 0 Å². The van der Waals surface area contributed by atoms with Crippen LogP contribution in [0.4, 0.5) is 0 Å². The summed E-state index contributed by atoms with van der Waals surface area (Å²) in [7, 11) is 0. The molecule has 0 N–H and O–H groups in total. The van der Waals surface area contributed by atoms with Crippen molar-refractivity contribution in [2.24, 2.45) is 0 Å². The van der Waals surface area contributed by atoms with Crippen LogP contribution in [0.3, 0.4) is 0 Å². The van der Waals surface area contributed by atoms with Gasteiger partial charge in [0.1, 0.15) is 0 Å².